The van der Waals surface area contributed by atoms with E-state index in [0.717, 1.165) is 31.6 Å². The van der Waals surface area contributed by atoms with Gasteiger partial charge in [0, 0.05) is 6.54 Å². The Morgan fingerprint density at radius 1 is 0.786 bits per heavy atom. The first-order valence-electron chi connectivity index (χ1n) is 10.9. The molecule has 3 aromatic carbocycles. The molecule has 0 bridgehead atoms. The molecular formula is C26H35NO. The summed E-state index contributed by atoms with van der Waals surface area (Å²) in [5.41, 5.74) is 0.202. The molecule has 0 spiro atoms. The van der Waals surface area contributed by atoms with Crippen molar-refractivity contribution in [3.05, 3.63) is 60.2 Å². The Balaban J connectivity index is 1.90. The predicted molar refractivity (Wildman–Crippen MR) is 122 cm³/mol. The van der Waals surface area contributed by atoms with Gasteiger partial charge in [-0.2, -0.15) is 0 Å². The van der Waals surface area contributed by atoms with Crippen LogP contribution >= 0.6 is 0 Å². The zero-order valence-electron chi connectivity index (χ0n) is 17.7. The van der Waals surface area contributed by atoms with Crippen molar-refractivity contribution in [3.63, 3.8) is 0 Å². The highest BCUT2D eigenvalue weighted by atomic mass is 16.3. The van der Waals surface area contributed by atoms with Crippen LogP contribution in [0.25, 0.3) is 21.5 Å². The van der Waals surface area contributed by atoms with Gasteiger partial charge in [-0.25, -0.2) is 0 Å². The van der Waals surface area contributed by atoms with Crippen molar-refractivity contribution in [2.24, 2.45) is 0 Å². The molecule has 3 rings (SSSR count). The molecule has 0 amide bonds. The first kappa shape index (κ1) is 20.8. The van der Waals surface area contributed by atoms with Crippen molar-refractivity contribution >= 4 is 21.5 Å². The Hall–Kier alpha value is -1.90. The van der Waals surface area contributed by atoms with E-state index < -0.39 is 5.60 Å². The smallest absolute Gasteiger partial charge is 0.0886 e. The summed E-state index contributed by atoms with van der Waals surface area (Å²) in [7, 11) is 0. The third kappa shape index (κ3) is 4.74. The van der Waals surface area contributed by atoms with E-state index in [9.17, 15) is 5.11 Å². The summed E-state index contributed by atoms with van der Waals surface area (Å²) >= 11 is 0. The fourth-order valence-electron chi connectivity index (χ4n) is 4.11. The third-order valence-corrected chi connectivity index (χ3v) is 5.92. The Labute approximate surface area is 170 Å². The molecule has 0 aliphatic rings. The summed E-state index contributed by atoms with van der Waals surface area (Å²) in [5.74, 6) is 0. The van der Waals surface area contributed by atoms with Crippen LogP contribution < -0.4 is 0 Å². The summed E-state index contributed by atoms with van der Waals surface area (Å²) in [6.07, 6.45) is 5.64. The average Bonchev–Trinajstić information content (AvgIpc) is 2.72. The van der Waals surface area contributed by atoms with Crippen molar-refractivity contribution in [1.29, 1.82) is 0 Å². The molecular weight excluding hydrogens is 342 g/mol. The van der Waals surface area contributed by atoms with Crippen LogP contribution in [0, 0.1) is 0 Å². The summed E-state index contributed by atoms with van der Waals surface area (Å²) < 4.78 is 0. The molecule has 28 heavy (non-hydrogen) atoms. The number of unbranched alkanes of at least 4 members (excludes halogenated alkanes) is 2. The van der Waals surface area contributed by atoms with Gasteiger partial charge in [-0.05, 0) is 72.5 Å². The van der Waals surface area contributed by atoms with Gasteiger partial charge < -0.3 is 10.0 Å². The van der Waals surface area contributed by atoms with Gasteiger partial charge in [-0.1, -0.05) is 75.2 Å². The van der Waals surface area contributed by atoms with E-state index in [4.69, 9.17) is 0 Å². The minimum atomic E-state index is -0.847. The molecule has 1 unspecified atom stereocenters. The van der Waals surface area contributed by atoms with Crippen LogP contribution in [0.2, 0.25) is 0 Å². The van der Waals surface area contributed by atoms with E-state index in [1.807, 2.05) is 6.92 Å². The molecule has 0 fully saturated rings. The number of fused-ring (bicyclic) bond motifs is 3. The molecule has 0 aliphatic carbocycles. The van der Waals surface area contributed by atoms with Crippen molar-refractivity contribution in [1.82, 2.24) is 4.90 Å². The zero-order valence-corrected chi connectivity index (χ0v) is 17.7. The van der Waals surface area contributed by atoms with Gasteiger partial charge in [0.2, 0.25) is 0 Å². The molecule has 0 heterocycles. The Bertz CT molecular complexity index is 891. The number of hydrogen-bond acceptors (Lipinski definition) is 2. The van der Waals surface area contributed by atoms with Gasteiger partial charge in [-0.15, -0.1) is 0 Å². The fourth-order valence-corrected chi connectivity index (χ4v) is 4.11. The Morgan fingerprint density at radius 2 is 1.36 bits per heavy atom. The highest BCUT2D eigenvalue weighted by Gasteiger charge is 2.26. The summed E-state index contributed by atoms with van der Waals surface area (Å²) in [4.78, 5) is 2.53. The van der Waals surface area contributed by atoms with Gasteiger partial charge in [-0.3, -0.25) is 0 Å². The molecule has 0 aromatic heterocycles. The molecule has 0 aliphatic heterocycles. The highest BCUT2D eigenvalue weighted by Crippen LogP contribution is 2.36. The van der Waals surface area contributed by atoms with Crippen molar-refractivity contribution in [2.45, 2.75) is 58.5 Å². The van der Waals surface area contributed by atoms with Crippen molar-refractivity contribution in [3.8, 4) is 0 Å². The third-order valence-electron chi connectivity index (χ3n) is 5.92. The van der Waals surface area contributed by atoms with Gasteiger partial charge in [0.25, 0.3) is 0 Å². The normalized spacial score (nSPS) is 14.0. The van der Waals surface area contributed by atoms with Gasteiger partial charge in [0.1, 0.15) is 0 Å². The second kappa shape index (κ2) is 9.54. The van der Waals surface area contributed by atoms with E-state index in [2.05, 4.69) is 73.3 Å². The quantitative estimate of drug-likeness (QED) is 0.408. The SMILES string of the molecule is CCCCN(CCCC)CCC(C)(O)c1cc2ccccc2c2ccccc12. The summed E-state index contributed by atoms with van der Waals surface area (Å²) in [6, 6.07) is 19.2. The number of nitrogens with zero attached hydrogens (tertiary/aromatic N) is 1. The first-order chi connectivity index (χ1) is 13.6. The molecule has 1 atom stereocenters. The molecule has 0 radical (unpaired) electrons. The highest BCUT2D eigenvalue weighted by molar-refractivity contribution is 6.09. The van der Waals surface area contributed by atoms with Gasteiger partial charge in [0.15, 0.2) is 0 Å². The Kier molecular flexibility index (Phi) is 7.09. The molecule has 2 heteroatoms. The van der Waals surface area contributed by atoms with E-state index in [1.165, 1.54) is 47.2 Å². The maximum absolute atomic E-state index is 11.5. The van der Waals surface area contributed by atoms with Crippen molar-refractivity contribution in [2.75, 3.05) is 19.6 Å². The standard InChI is InChI=1S/C26H35NO/c1-4-6-17-27(18-7-5-2)19-16-26(3,28)25-20-21-12-8-9-13-22(21)23-14-10-11-15-24(23)25/h8-15,20,28H,4-7,16-19H2,1-3H3. The summed E-state index contributed by atoms with van der Waals surface area (Å²) in [6.45, 7) is 9.68. The number of benzene rings is 3. The molecule has 3 aromatic rings. The number of aliphatic hydroxyl groups is 1. The fraction of sp³-hybridized carbons (Fsp3) is 0.462. The lowest BCUT2D eigenvalue weighted by atomic mass is 9.85. The topological polar surface area (TPSA) is 23.5 Å². The number of rotatable bonds is 10. The van der Waals surface area contributed by atoms with Crippen LogP contribution in [-0.2, 0) is 5.60 Å². The minimum absolute atomic E-state index is 0.753. The lowest BCUT2D eigenvalue weighted by Crippen LogP contribution is -2.33. The lowest BCUT2D eigenvalue weighted by molar-refractivity contribution is 0.0370. The lowest BCUT2D eigenvalue weighted by Gasteiger charge is -2.30. The second-order valence-corrected chi connectivity index (χ2v) is 8.26. The largest absolute Gasteiger partial charge is 0.385 e. The maximum atomic E-state index is 11.5. The molecule has 2 nitrogen and oxygen atoms in total. The van der Waals surface area contributed by atoms with E-state index >= 15 is 0 Å². The molecule has 150 valence electrons. The minimum Gasteiger partial charge on any atom is -0.385 e. The zero-order chi connectivity index (χ0) is 20.0. The summed E-state index contributed by atoms with van der Waals surface area (Å²) in [5, 5.41) is 16.4. The first-order valence-corrected chi connectivity index (χ1v) is 10.9. The van der Waals surface area contributed by atoms with E-state index in [1.54, 1.807) is 0 Å². The molecule has 0 saturated heterocycles. The Morgan fingerprint density at radius 3 is 2.00 bits per heavy atom. The monoisotopic (exact) mass is 377 g/mol. The number of hydrogen-bond donors (Lipinski definition) is 1. The van der Waals surface area contributed by atoms with Crippen molar-refractivity contribution < 1.29 is 5.11 Å². The molecule has 1 N–H and O–H groups in total. The van der Waals surface area contributed by atoms with Crippen LogP contribution in [0.1, 0.15) is 58.4 Å². The maximum Gasteiger partial charge on any atom is 0.0886 e. The van der Waals surface area contributed by atoms with Crippen LogP contribution in [0.3, 0.4) is 0 Å². The van der Waals surface area contributed by atoms with Crippen LogP contribution in [0.15, 0.2) is 54.6 Å². The van der Waals surface area contributed by atoms with Gasteiger partial charge >= 0.3 is 0 Å². The van der Waals surface area contributed by atoms with E-state index in [0.29, 0.717) is 0 Å². The van der Waals surface area contributed by atoms with Crippen LogP contribution in [0.5, 0.6) is 0 Å². The van der Waals surface area contributed by atoms with Crippen LogP contribution in [0.4, 0.5) is 0 Å². The predicted octanol–water partition coefficient (Wildman–Crippen LogP) is 6.49. The second-order valence-electron chi connectivity index (χ2n) is 8.26. The molecule has 0 saturated carbocycles. The van der Waals surface area contributed by atoms with E-state index in [-0.39, 0.29) is 0 Å². The van der Waals surface area contributed by atoms with Crippen LogP contribution in [-0.4, -0.2) is 29.6 Å². The average molecular weight is 378 g/mol. The van der Waals surface area contributed by atoms with Gasteiger partial charge in [0.05, 0.1) is 5.60 Å².